The Kier molecular flexibility index (Phi) is 4.72. The number of nitrogens with zero attached hydrogens (tertiary/aromatic N) is 2. The maximum atomic E-state index is 13.1. The predicted octanol–water partition coefficient (Wildman–Crippen LogP) is 0.317. The molecule has 1 aromatic heterocycles. The minimum atomic E-state index is -0.619. The highest BCUT2D eigenvalue weighted by molar-refractivity contribution is 5.26. The van der Waals surface area contributed by atoms with Crippen LogP contribution in [0.5, 0.6) is 5.88 Å². The summed E-state index contributed by atoms with van der Waals surface area (Å²) in [4.78, 5) is 7.28. The van der Waals surface area contributed by atoms with Gasteiger partial charge in [0.25, 0.3) is 5.88 Å². The zero-order valence-electron chi connectivity index (χ0n) is 8.36. The van der Waals surface area contributed by atoms with Gasteiger partial charge in [-0.1, -0.05) is 0 Å². The summed E-state index contributed by atoms with van der Waals surface area (Å²) in [5.74, 6) is 4.45. The second-order valence-electron chi connectivity index (χ2n) is 2.69. The van der Waals surface area contributed by atoms with E-state index in [1.165, 1.54) is 0 Å². The highest BCUT2D eigenvalue weighted by Crippen LogP contribution is 2.13. The summed E-state index contributed by atoms with van der Waals surface area (Å²) in [6.45, 7) is 0.875. The molecule has 0 radical (unpaired) electrons. The lowest BCUT2D eigenvalue weighted by atomic mass is 10.5. The van der Waals surface area contributed by atoms with Crippen molar-refractivity contribution in [1.82, 2.24) is 9.97 Å². The molecule has 1 aromatic rings. The number of hydrogen-bond acceptors (Lipinski definition) is 6. The third-order valence-corrected chi connectivity index (χ3v) is 1.57. The van der Waals surface area contributed by atoms with E-state index >= 15 is 0 Å². The van der Waals surface area contributed by atoms with Crippen molar-refractivity contribution >= 4 is 5.95 Å². The van der Waals surface area contributed by atoms with Crippen molar-refractivity contribution in [3.8, 4) is 5.88 Å². The van der Waals surface area contributed by atoms with Crippen molar-refractivity contribution in [2.75, 3.05) is 25.7 Å². The minimum Gasteiger partial charge on any atom is -0.475 e. The second-order valence-corrected chi connectivity index (χ2v) is 2.69. The molecule has 0 aliphatic carbocycles. The molecule has 0 aliphatic rings. The lowest BCUT2D eigenvalue weighted by Gasteiger charge is -2.06. The molecule has 0 aliphatic heterocycles. The van der Waals surface area contributed by atoms with Gasteiger partial charge in [0.15, 0.2) is 0 Å². The van der Waals surface area contributed by atoms with Crippen molar-refractivity contribution in [3.63, 3.8) is 0 Å². The average molecular weight is 216 g/mol. The van der Waals surface area contributed by atoms with Gasteiger partial charge in [0.05, 0.1) is 12.8 Å². The molecule has 84 valence electrons. The standard InChI is InChI=1S/C8H13FN4O2/c1-14-3-2-4-15-7-6(9)5-11-8(12-7)13-10/h5H,2-4,10H2,1H3,(H,11,12,13). The molecule has 1 heterocycles. The van der Waals surface area contributed by atoms with Crippen LogP contribution in [0.4, 0.5) is 10.3 Å². The van der Waals surface area contributed by atoms with Crippen molar-refractivity contribution in [2.45, 2.75) is 6.42 Å². The van der Waals surface area contributed by atoms with Gasteiger partial charge in [-0.15, -0.1) is 0 Å². The van der Waals surface area contributed by atoms with Gasteiger partial charge in [-0.05, 0) is 0 Å². The quantitative estimate of drug-likeness (QED) is 0.405. The van der Waals surface area contributed by atoms with E-state index in [1.54, 1.807) is 7.11 Å². The summed E-state index contributed by atoms with van der Waals surface area (Å²) in [7, 11) is 1.59. The Morgan fingerprint density at radius 2 is 2.33 bits per heavy atom. The largest absolute Gasteiger partial charge is 0.475 e. The van der Waals surface area contributed by atoms with Crippen molar-refractivity contribution in [3.05, 3.63) is 12.0 Å². The number of nitrogens with two attached hydrogens (primary N) is 1. The second kappa shape index (κ2) is 6.10. The van der Waals surface area contributed by atoms with Crippen molar-refractivity contribution in [2.24, 2.45) is 5.84 Å². The molecule has 0 unspecified atom stereocenters. The van der Waals surface area contributed by atoms with Crippen LogP contribution in [0.15, 0.2) is 6.20 Å². The Balaban J connectivity index is 2.51. The van der Waals surface area contributed by atoms with Gasteiger partial charge in [-0.3, -0.25) is 5.43 Å². The number of halogens is 1. The molecule has 6 nitrogen and oxygen atoms in total. The van der Waals surface area contributed by atoms with Crippen LogP contribution in [0.3, 0.4) is 0 Å². The summed E-state index contributed by atoms with van der Waals surface area (Å²) in [5.41, 5.74) is 2.20. The third-order valence-electron chi connectivity index (χ3n) is 1.57. The Hall–Kier alpha value is -1.47. The number of hydrogen-bond donors (Lipinski definition) is 2. The highest BCUT2D eigenvalue weighted by Gasteiger charge is 2.07. The Morgan fingerprint density at radius 1 is 1.53 bits per heavy atom. The van der Waals surface area contributed by atoms with Gasteiger partial charge < -0.3 is 9.47 Å². The topological polar surface area (TPSA) is 82.3 Å². The smallest absolute Gasteiger partial charge is 0.255 e. The summed E-state index contributed by atoms with van der Waals surface area (Å²) >= 11 is 0. The molecule has 0 saturated carbocycles. The summed E-state index contributed by atoms with van der Waals surface area (Å²) in [5, 5.41) is 0. The van der Waals surface area contributed by atoms with Crippen LogP contribution in [0.1, 0.15) is 6.42 Å². The van der Waals surface area contributed by atoms with Gasteiger partial charge >= 0.3 is 0 Å². The zero-order chi connectivity index (χ0) is 11.1. The van der Waals surface area contributed by atoms with Gasteiger partial charge in [0, 0.05) is 20.1 Å². The van der Waals surface area contributed by atoms with Crippen LogP contribution in [0.2, 0.25) is 0 Å². The molecule has 0 fully saturated rings. The Bertz CT molecular complexity index is 311. The highest BCUT2D eigenvalue weighted by atomic mass is 19.1. The molecular formula is C8H13FN4O2. The van der Waals surface area contributed by atoms with E-state index < -0.39 is 5.82 Å². The molecule has 0 bridgehead atoms. The third kappa shape index (κ3) is 3.64. The maximum Gasteiger partial charge on any atom is 0.255 e. The maximum absolute atomic E-state index is 13.1. The van der Waals surface area contributed by atoms with Gasteiger partial charge in [0.2, 0.25) is 11.8 Å². The van der Waals surface area contributed by atoms with E-state index in [2.05, 4.69) is 15.4 Å². The molecule has 0 atom stereocenters. The first kappa shape index (κ1) is 11.6. The predicted molar refractivity (Wildman–Crippen MR) is 51.8 cm³/mol. The Labute approximate surface area is 86.6 Å². The fraction of sp³-hybridized carbons (Fsp3) is 0.500. The normalized spacial score (nSPS) is 10.1. The van der Waals surface area contributed by atoms with E-state index in [9.17, 15) is 4.39 Å². The van der Waals surface area contributed by atoms with E-state index in [0.29, 0.717) is 19.6 Å². The first-order valence-electron chi connectivity index (χ1n) is 4.39. The first-order valence-corrected chi connectivity index (χ1v) is 4.39. The van der Waals surface area contributed by atoms with Crippen LogP contribution in [-0.4, -0.2) is 30.3 Å². The summed E-state index contributed by atoms with van der Waals surface area (Å²) in [6, 6.07) is 0. The monoisotopic (exact) mass is 216 g/mol. The van der Waals surface area contributed by atoms with Gasteiger partial charge in [-0.25, -0.2) is 10.8 Å². The van der Waals surface area contributed by atoms with Crippen molar-refractivity contribution in [1.29, 1.82) is 0 Å². The molecule has 3 N–H and O–H groups in total. The SMILES string of the molecule is COCCCOc1nc(NN)ncc1F. The lowest BCUT2D eigenvalue weighted by Crippen LogP contribution is -2.12. The molecule has 15 heavy (non-hydrogen) atoms. The number of nitrogen functional groups attached to an aromatic ring is 1. The fourth-order valence-corrected chi connectivity index (χ4v) is 0.894. The number of methoxy groups -OCH3 is 1. The van der Waals surface area contributed by atoms with E-state index in [4.69, 9.17) is 15.3 Å². The minimum absolute atomic E-state index is 0.109. The molecular weight excluding hydrogens is 203 g/mol. The molecule has 0 saturated heterocycles. The number of nitrogens with one attached hydrogen (secondary N) is 1. The average Bonchev–Trinajstić information content (AvgIpc) is 2.26. The molecule has 1 rings (SSSR count). The van der Waals surface area contributed by atoms with Crippen LogP contribution in [0.25, 0.3) is 0 Å². The number of rotatable bonds is 6. The Morgan fingerprint density at radius 3 is 3.00 bits per heavy atom. The van der Waals surface area contributed by atoms with Crippen LogP contribution in [-0.2, 0) is 4.74 Å². The molecule has 0 amide bonds. The fourth-order valence-electron chi connectivity index (χ4n) is 0.894. The van der Waals surface area contributed by atoms with E-state index in [-0.39, 0.29) is 11.8 Å². The summed E-state index contributed by atoms with van der Waals surface area (Å²) in [6.07, 6.45) is 1.65. The summed E-state index contributed by atoms with van der Waals surface area (Å²) < 4.78 is 23.0. The van der Waals surface area contributed by atoms with E-state index in [1.807, 2.05) is 0 Å². The van der Waals surface area contributed by atoms with Gasteiger partial charge in [0.1, 0.15) is 0 Å². The molecule has 0 aromatic carbocycles. The van der Waals surface area contributed by atoms with Crippen LogP contribution in [0, 0.1) is 5.82 Å². The first-order chi connectivity index (χ1) is 7.27. The van der Waals surface area contributed by atoms with Crippen molar-refractivity contribution < 1.29 is 13.9 Å². The number of hydrazine groups is 1. The number of anilines is 1. The van der Waals surface area contributed by atoms with Crippen LogP contribution < -0.4 is 16.0 Å². The lowest BCUT2D eigenvalue weighted by molar-refractivity contribution is 0.168. The van der Waals surface area contributed by atoms with Gasteiger partial charge in [-0.2, -0.15) is 9.37 Å². The molecule has 0 spiro atoms. The van der Waals surface area contributed by atoms with E-state index in [0.717, 1.165) is 6.20 Å². The van der Waals surface area contributed by atoms with Crippen LogP contribution >= 0.6 is 0 Å². The number of ether oxygens (including phenoxy) is 2. The zero-order valence-corrected chi connectivity index (χ0v) is 8.36. The molecule has 7 heteroatoms. The number of aromatic nitrogens is 2.